The molecular formula is C16H24N4O3S. The second kappa shape index (κ2) is 8.27. The minimum atomic E-state index is -3.66. The van der Waals surface area contributed by atoms with Gasteiger partial charge in [0, 0.05) is 12.6 Å². The number of nitrogens with zero attached hydrogens (tertiary/aromatic N) is 2. The summed E-state index contributed by atoms with van der Waals surface area (Å²) in [5.41, 5.74) is 6.34. The van der Waals surface area contributed by atoms with Gasteiger partial charge < -0.3 is 10.5 Å². The van der Waals surface area contributed by atoms with Crippen molar-refractivity contribution in [3.63, 3.8) is 0 Å². The first-order valence-electron chi connectivity index (χ1n) is 7.92. The quantitative estimate of drug-likeness (QED) is 0.715. The number of aromatic nitrogens is 2. The first-order chi connectivity index (χ1) is 11.5. The summed E-state index contributed by atoms with van der Waals surface area (Å²) in [6.45, 7) is 2.32. The van der Waals surface area contributed by atoms with Crippen LogP contribution < -0.4 is 15.2 Å². The van der Waals surface area contributed by atoms with Gasteiger partial charge in [0.1, 0.15) is 16.3 Å². The normalized spacial score (nSPS) is 13.0. The second-order valence-corrected chi connectivity index (χ2v) is 7.20. The first-order valence-corrected chi connectivity index (χ1v) is 9.40. The van der Waals surface area contributed by atoms with E-state index in [1.165, 1.54) is 17.1 Å². The lowest BCUT2D eigenvalue weighted by molar-refractivity contribution is 0.411. The third-order valence-electron chi connectivity index (χ3n) is 3.71. The fraction of sp³-hybridized carbons (Fsp3) is 0.438. The molecule has 8 heteroatoms. The number of methoxy groups -OCH3 is 1. The Kier molecular flexibility index (Phi) is 6.36. The van der Waals surface area contributed by atoms with Crippen LogP contribution in [0.4, 0.5) is 0 Å². The molecule has 0 amide bonds. The number of sulfonamides is 1. The van der Waals surface area contributed by atoms with Crippen LogP contribution in [-0.2, 0) is 10.0 Å². The highest BCUT2D eigenvalue weighted by atomic mass is 32.2. The van der Waals surface area contributed by atoms with Crippen LogP contribution in [0.15, 0.2) is 41.6 Å². The van der Waals surface area contributed by atoms with E-state index < -0.39 is 10.0 Å². The molecule has 0 aliphatic carbocycles. The Morgan fingerprint density at radius 1 is 1.38 bits per heavy atom. The Labute approximate surface area is 142 Å². The van der Waals surface area contributed by atoms with Crippen LogP contribution in [0.2, 0.25) is 0 Å². The lowest BCUT2D eigenvalue weighted by Gasteiger charge is -2.15. The van der Waals surface area contributed by atoms with Crippen molar-refractivity contribution in [3.05, 3.63) is 36.7 Å². The van der Waals surface area contributed by atoms with Gasteiger partial charge in [-0.1, -0.05) is 31.9 Å². The highest BCUT2D eigenvalue weighted by Crippen LogP contribution is 2.22. The number of unbranched alkanes of at least 4 members (excludes halogenated alkanes) is 1. The highest BCUT2D eigenvalue weighted by Gasteiger charge is 2.21. The van der Waals surface area contributed by atoms with Crippen LogP contribution >= 0.6 is 0 Å². The maximum atomic E-state index is 12.5. The van der Waals surface area contributed by atoms with Crippen molar-refractivity contribution in [2.45, 2.75) is 37.1 Å². The van der Waals surface area contributed by atoms with Crippen molar-refractivity contribution >= 4 is 10.0 Å². The molecule has 7 nitrogen and oxygen atoms in total. The standard InChI is InChI=1S/C16H24N4O3S/c1-3-4-7-13(10-17)19-24(21,22)14-11-18-20(12-14)15-8-5-6-9-16(15)23-2/h5-6,8-9,11-13,19H,3-4,7,10,17H2,1-2H3. The molecule has 0 aliphatic rings. The summed E-state index contributed by atoms with van der Waals surface area (Å²) < 4.78 is 34.4. The SMILES string of the molecule is CCCCC(CN)NS(=O)(=O)c1cnn(-c2ccccc2OC)c1. The van der Waals surface area contributed by atoms with Crippen LogP contribution in [0, 0.1) is 0 Å². The number of rotatable bonds is 9. The fourth-order valence-electron chi connectivity index (χ4n) is 2.36. The second-order valence-electron chi connectivity index (χ2n) is 5.49. The molecule has 24 heavy (non-hydrogen) atoms. The van der Waals surface area contributed by atoms with Crippen molar-refractivity contribution in [1.82, 2.24) is 14.5 Å². The minimum absolute atomic E-state index is 0.100. The molecule has 0 radical (unpaired) electrons. The third-order valence-corrected chi connectivity index (χ3v) is 5.19. The maximum Gasteiger partial charge on any atom is 0.244 e. The van der Waals surface area contributed by atoms with E-state index in [0.29, 0.717) is 17.9 Å². The molecule has 3 N–H and O–H groups in total. The van der Waals surface area contributed by atoms with Crippen LogP contribution in [0.1, 0.15) is 26.2 Å². The lowest BCUT2D eigenvalue weighted by Crippen LogP contribution is -2.39. The molecular weight excluding hydrogens is 328 g/mol. The molecule has 1 atom stereocenters. The number of nitrogens with two attached hydrogens (primary N) is 1. The minimum Gasteiger partial charge on any atom is -0.494 e. The van der Waals surface area contributed by atoms with Crippen LogP contribution in [0.25, 0.3) is 5.69 Å². The summed E-state index contributed by atoms with van der Waals surface area (Å²) >= 11 is 0. The van der Waals surface area contributed by atoms with Gasteiger partial charge in [-0.25, -0.2) is 17.8 Å². The van der Waals surface area contributed by atoms with Gasteiger partial charge in [0.05, 0.1) is 19.5 Å². The number of hydrogen-bond donors (Lipinski definition) is 2. The molecule has 0 aliphatic heterocycles. The molecule has 0 saturated heterocycles. The smallest absolute Gasteiger partial charge is 0.244 e. The Hall–Kier alpha value is -1.90. The molecule has 0 bridgehead atoms. The number of ether oxygens (including phenoxy) is 1. The van der Waals surface area contributed by atoms with Gasteiger partial charge in [-0.2, -0.15) is 5.10 Å². The predicted molar refractivity (Wildman–Crippen MR) is 92.8 cm³/mol. The van der Waals surface area contributed by atoms with Crippen molar-refractivity contribution < 1.29 is 13.2 Å². The average molecular weight is 352 g/mol. The van der Waals surface area contributed by atoms with Crippen molar-refractivity contribution in [2.75, 3.05) is 13.7 Å². The summed E-state index contributed by atoms with van der Waals surface area (Å²) in [5, 5.41) is 4.14. The van der Waals surface area contributed by atoms with E-state index in [0.717, 1.165) is 12.8 Å². The van der Waals surface area contributed by atoms with E-state index in [-0.39, 0.29) is 17.5 Å². The summed E-state index contributed by atoms with van der Waals surface area (Å²) in [6, 6.07) is 6.99. The van der Waals surface area contributed by atoms with E-state index in [1.807, 2.05) is 12.1 Å². The van der Waals surface area contributed by atoms with Gasteiger partial charge in [-0.05, 0) is 18.6 Å². The molecule has 132 valence electrons. The van der Waals surface area contributed by atoms with Gasteiger partial charge in [0.2, 0.25) is 10.0 Å². The van der Waals surface area contributed by atoms with E-state index in [1.54, 1.807) is 19.2 Å². The van der Waals surface area contributed by atoms with E-state index in [2.05, 4.69) is 16.7 Å². The summed E-state index contributed by atoms with van der Waals surface area (Å²) in [5.74, 6) is 0.611. The Morgan fingerprint density at radius 2 is 2.12 bits per heavy atom. The van der Waals surface area contributed by atoms with E-state index in [9.17, 15) is 8.42 Å². The van der Waals surface area contributed by atoms with Gasteiger partial charge in [-0.15, -0.1) is 0 Å². The molecule has 2 aromatic rings. The summed E-state index contributed by atoms with van der Waals surface area (Å²) in [7, 11) is -2.11. The molecule has 1 aromatic carbocycles. The largest absolute Gasteiger partial charge is 0.494 e. The number of para-hydroxylation sites is 2. The molecule has 0 spiro atoms. The molecule has 1 unspecified atom stereocenters. The van der Waals surface area contributed by atoms with Crippen LogP contribution in [-0.4, -0.2) is 37.9 Å². The number of hydrogen-bond acceptors (Lipinski definition) is 5. The van der Waals surface area contributed by atoms with Crippen molar-refractivity contribution in [1.29, 1.82) is 0 Å². The Balaban J connectivity index is 2.22. The molecule has 1 aromatic heterocycles. The molecule has 0 fully saturated rings. The zero-order valence-electron chi connectivity index (χ0n) is 14.0. The van der Waals surface area contributed by atoms with E-state index in [4.69, 9.17) is 10.5 Å². The first kappa shape index (κ1) is 18.4. The molecule has 2 rings (SSSR count). The van der Waals surface area contributed by atoms with E-state index >= 15 is 0 Å². The van der Waals surface area contributed by atoms with Gasteiger partial charge in [0.25, 0.3) is 0 Å². The van der Waals surface area contributed by atoms with Gasteiger partial charge >= 0.3 is 0 Å². The zero-order chi connectivity index (χ0) is 17.6. The molecule has 1 heterocycles. The number of nitrogens with one attached hydrogen (secondary N) is 1. The van der Waals surface area contributed by atoms with Gasteiger partial charge in [-0.3, -0.25) is 0 Å². The lowest BCUT2D eigenvalue weighted by atomic mass is 10.1. The number of benzene rings is 1. The highest BCUT2D eigenvalue weighted by molar-refractivity contribution is 7.89. The maximum absolute atomic E-state index is 12.5. The summed E-state index contributed by atoms with van der Waals surface area (Å²) in [4.78, 5) is 0.100. The monoisotopic (exact) mass is 352 g/mol. The Morgan fingerprint density at radius 3 is 2.79 bits per heavy atom. The topological polar surface area (TPSA) is 99.2 Å². The zero-order valence-corrected chi connectivity index (χ0v) is 14.8. The van der Waals surface area contributed by atoms with Crippen LogP contribution in [0.5, 0.6) is 5.75 Å². The average Bonchev–Trinajstić information content (AvgIpc) is 3.09. The van der Waals surface area contributed by atoms with Crippen LogP contribution in [0.3, 0.4) is 0 Å². The predicted octanol–water partition coefficient (Wildman–Crippen LogP) is 1.68. The third kappa shape index (κ3) is 4.34. The molecule has 0 saturated carbocycles. The van der Waals surface area contributed by atoms with Crippen molar-refractivity contribution in [3.8, 4) is 11.4 Å². The summed E-state index contributed by atoms with van der Waals surface area (Å²) in [6.07, 6.45) is 5.41. The Bertz CT molecular complexity index is 758. The van der Waals surface area contributed by atoms with Crippen molar-refractivity contribution in [2.24, 2.45) is 5.73 Å². The fourth-order valence-corrected chi connectivity index (χ4v) is 3.57. The van der Waals surface area contributed by atoms with Gasteiger partial charge in [0.15, 0.2) is 0 Å².